The first-order chi connectivity index (χ1) is 10.2. The highest BCUT2D eigenvalue weighted by Gasteiger charge is 2.04. The number of nitrogens with one attached hydrogen (secondary N) is 1. The Bertz CT molecular complexity index is 682. The van der Waals surface area contributed by atoms with Crippen LogP contribution in [0.2, 0.25) is 0 Å². The molecule has 0 saturated carbocycles. The SMILES string of the molecule is CCCc1ccc(C#Cc2ccnc(C(=O)NO)c2)cc1. The van der Waals surface area contributed by atoms with Crippen molar-refractivity contribution in [2.45, 2.75) is 19.8 Å². The van der Waals surface area contributed by atoms with Crippen LogP contribution in [0.25, 0.3) is 0 Å². The van der Waals surface area contributed by atoms with Gasteiger partial charge in [-0.1, -0.05) is 37.3 Å². The summed E-state index contributed by atoms with van der Waals surface area (Å²) in [5.41, 5.74) is 4.56. The van der Waals surface area contributed by atoms with Gasteiger partial charge in [0.2, 0.25) is 0 Å². The number of aryl methyl sites for hydroxylation is 1. The van der Waals surface area contributed by atoms with Gasteiger partial charge in [0, 0.05) is 17.3 Å². The lowest BCUT2D eigenvalue weighted by Crippen LogP contribution is -2.19. The van der Waals surface area contributed by atoms with Gasteiger partial charge in [-0.15, -0.1) is 0 Å². The Morgan fingerprint density at radius 1 is 1.19 bits per heavy atom. The molecule has 2 N–H and O–H groups in total. The van der Waals surface area contributed by atoms with E-state index in [1.165, 1.54) is 17.8 Å². The van der Waals surface area contributed by atoms with E-state index in [-0.39, 0.29) is 5.69 Å². The zero-order chi connectivity index (χ0) is 15.1. The third kappa shape index (κ3) is 4.16. The lowest BCUT2D eigenvalue weighted by atomic mass is 10.1. The molecular formula is C17H16N2O2. The Kier molecular flexibility index (Phi) is 5.08. The first-order valence-corrected chi connectivity index (χ1v) is 6.74. The summed E-state index contributed by atoms with van der Waals surface area (Å²) < 4.78 is 0. The van der Waals surface area contributed by atoms with Crippen molar-refractivity contribution in [1.82, 2.24) is 10.5 Å². The monoisotopic (exact) mass is 280 g/mol. The number of pyridine rings is 1. The summed E-state index contributed by atoms with van der Waals surface area (Å²) >= 11 is 0. The maximum Gasteiger partial charge on any atom is 0.293 e. The average molecular weight is 280 g/mol. The molecule has 4 nitrogen and oxygen atoms in total. The average Bonchev–Trinajstić information content (AvgIpc) is 2.54. The van der Waals surface area contributed by atoms with Gasteiger partial charge in [-0.3, -0.25) is 15.0 Å². The maximum absolute atomic E-state index is 11.3. The fourth-order valence-electron chi connectivity index (χ4n) is 1.88. The third-order valence-corrected chi connectivity index (χ3v) is 2.94. The van der Waals surface area contributed by atoms with Crippen molar-refractivity contribution in [1.29, 1.82) is 0 Å². The first-order valence-electron chi connectivity index (χ1n) is 6.74. The molecule has 0 aliphatic heterocycles. The summed E-state index contributed by atoms with van der Waals surface area (Å²) in [6, 6.07) is 11.4. The van der Waals surface area contributed by atoms with Crippen molar-refractivity contribution in [3.8, 4) is 11.8 Å². The summed E-state index contributed by atoms with van der Waals surface area (Å²) in [6.07, 6.45) is 3.67. The second-order valence-electron chi connectivity index (χ2n) is 4.57. The summed E-state index contributed by atoms with van der Waals surface area (Å²) in [7, 11) is 0. The second-order valence-corrected chi connectivity index (χ2v) is 4.57. The Labute approximate surface area is 123 Å². The molecule has 0 fully saturated rings. The highest BCUT2D eigenvalue weighted by Crippen LogP contribution is 2.06. The van der Waals surface area contributed by atoms with E-state index in [2.05, 4.69) is 35.9 Å². The number of hydroxylamine groups is 1. The molecule has 21 heavy (non-hydrogen) atoms. The molecule has 0 spiro atoms. The number of carbonyl (C=O) groups excluding carboxylic acids is 1. The normalized spacial score (nSPS) is 9.62. The van der Waals surface area contributed by atoms with Crippen molar-refractivity contribution in [2.75, 3.05) is 0 Å². The van der Waals surface area contributed by atoms with Crippen LogP contribution in [0.15, 0.2) is 42.6 Å². The summed E-state index contributed by atoms with van der Waals surface area (Å²) in [4.78, 5) is 15.1. The zero-order valence-corrected chi connectivity index (χ0v) is 11.8. The van der Waals surface area contributed by atoms with Gasteiger partial charge in [0.15, 0.2) is 0 Å². The summed E-state index contributed by atoms with van der Waals surface area (Å²) in [6.45, 7) is 2.15. The Balaban J connectivity index is 2.16. The number of hydrogen-bond donors (Lipinski definition) is 2. The van der Waals surface area contributed by atoms with Gasteiger partial charge in [-0.05, 0) is 36.2 Å². The number of aromatic nitrogens is 1. The van der Waals surface area contributed by atoms with Crippen LogP contribution < -0.4 is 5.48 Å². The van der Waals surface area contributed by atoms with Crippen LogP contribution in [0.1, 0.15) is 40.5 Å². The van der Waals surface area contributed by atoms with Crippen molar-refractivity contribution in [3.05, 3.63) is 65.0 Å². The van der Waals surface area contributed by atoms with E-state index in [4.69, 9.17) is 5.21 Å². The van der Waals surface area contributed by atoms with Gasteiger partial charge in [0.1, 0.15) is 5.69 Å². The van der Waals surface area contributed by atoms with Gasteiger partial charge in [0.25, 0.3) is 5.91 Å². The van der Waals surface area contributed by atoms with Crippen LogP contribution in [0.5, 0.6) is 0 Å². The highest BCUT2D eigenvalue weighted by atomic mass is 16.5. The maximum atomic E-state index is 11.3. The van der Waals surface area contributed by atoms with Crippen molar-refractivity contribution >= 4 is 5.91 Å². The number of carbonyl (C=O) groups is 1. The third-order valence-electron chi connectivity index (χ3n) is 2.94. The molecule has 0 saturated heterocycles. The lowest BCUT2D eigenvalue weighted by Gasteiger charge is -1.98. The minimum atomic E-state index is -0.650. The van der Waals surface area contributed by atoms with Crippen LogP contribution in [-0.2, 0) is 6.42 Å². The number of nitrogens with zero attached hydrogens (tertiary/aromatic N) is 1. The van der Waals surface area contributed by atoms with E-state index in [0.717, 1.165) is 18.4 Å². The fraction of sp³-hybridized carbons (Fsp3) is 0.176. The quantitative estimate of drug-likeness (QED) is 0.516. The van der Waals surface area contributed by atoms with Gasteiger partial charge in [0.05, 0.1) is 0 Å². The van der Waals surface area contributed by atoms with Gasteiger partial charge >= 0.3 is 0 Å². The standard InChI is InChI=1S/C17H16N2O2/c1-2-3-13-4-6-14(7-5-13)8-9-15-10-11-18-16(12-15)17(20)19-21/h4-7,10-12,21H,2-3H2,1H3,(H,19,20). The molecule has 0 aliphatic rings. The molecule has 1 amide bonds. The molecule has 106 valence electrons. The first kappa shape index (κ1) is 14.8. The van der Waals surface area contributed by atoms with Crippen LogP contribution in [0.3, 0.4) is 0 Å². The predicted octanol–water partition coefficient (Wildman–Crippen LogP) is 2.55. The fourth-order valence-corrected chi connectivity index (χ4v) is 1.88. The minimum absolute atomic E-state index is 0.127. The van der Waals surface area contributed by atoms with E-state index in [0.29, 0.717) is 5.56 Å². The Morgan fingerprint density at radius 3 is 2.57 bits per heavy atom. The summed E-state index contributed by atoms with van der Waals surface area (Å²) in [5.74, 6) is 5.37. The summed E-state index contributed by atoms with van der Waals surface area (Å²) in [5, 5.41) is 8.58. The predicted molar refractivity (Wildman–Crippen MR) is 79.9 cm³/mol. The van der Waals surface area contributed by atoms with Gasteiger partial charge in [-0.25, -0.2) is 5.48 Å². The van der Waals surface area contributed by atoms with Crippen LogP contribution in [0.4, 0.5) is 0 Å². The second kappa shape index (κ2) is 7.22. The lowest BCUT2D eigenvalue weighted by molar-refractivity contribution is 0.0700. The van der Waals surface area contributed by atoms with E-state index >= 15 is 0 Å². The number of hydrogen-bond acceptors (Lipinski definition) is 3. The van der Waals surface area contributed by atoms with Crippen LogP contribution in [0, 0.1) is 11.8 Å². The van der Waals surface area contributed by atoms with Gasteiger partial charge in [-0.2, -0.15) is 0 Å². The molecule has 0 aliphatic carbocycles. The molecule has 0 bridgehead atoms. The molecule has 2 rings (SSSR count). The molecule has 0 radical (unpaired) electrons. The Morgan fingerprint density at radius 2 is 1.90 bits per heavy atom. The van der Waals surface area contributed by atoms with E-state index < -0.39 is 5.91 Å². The topological polar surface area (TPSA) is 62.2 Å². The molecule has 0 atom stereocenters. The molecule has 4 heteroatoms. The van der Waals surface area contributed by atoms with E-state index in [1.807, 2.05) is 12.1 Å². The molecule has 1 aromatic heterocycles. The van der Waals surface area contributed by atoms with Crippen molar-refractivity contribution in [3.63, 3.8) is 0 Å². The van der Waals surface area contributed by atoms with E-state index in [9.17, 15) is 4.79 Å². The number of benzene rings is 1. The minimum Gasteiger partial charge on any atom is -0.288 e. The number of rotatable bonds is 3. The molecule has 1 aromatic carbocycles. The molecule has 1 heterocycles. The van der Waals surface area contributed by atoms with E-state index in [1.54, 1.807) is 11.5 Å². The van der Waals surface area contributed by atoms with Gasteiger partial charge < -0.3 is 0 Å². The zero-order valence-electron chi connectivity index (χ0n) is 11.8. The molecular weight excluding hydrogens is 264 g/mol. The largest absolute Gasteiger partial charge is 0.293 e. The van der Waals surface area contributed by atoms with Crippen molar-refractivity contribution in [2.24, 2.45) is 0 Å². The van der Waals surface area contributed by atoms with Crippen LogP contribution >= 0.6 is 0 Å². The smallest absolute Gasteiger partial charge is 0.288 e. The van der Waals surface area contributed by atoms with Crippen molar-refractivity contribution < 1.29 is 10.0 Å². The Hall–Kier alpha value is -2.64. The number of amides is 1. The highest BCUT2D eigenvalue weighted by molar-refractivity contribution is 5.91. The molecule has 2 aromatic rings. The molecule has 0 unspecified atom stereocenters. The van der Waals surface area contributed by atoms with Crippen LogP contribution in [-0.4, -0.2) is 16.1 Å².